The van der Waals surface area contributed by atoms with Crippen molar-refractivity contribution < 1.29 is 4.79 Å². The quantitative estimate of drug-likeness (QED) is 0.824. The van der Waals surface area contributed by atoms with Gasteiger partial charge in [-0.1, -0.05) is 6.92 Å². The fourth-order valence-corrected chi connectivity index (χ4v) is 4.08. The molecule has 1 amide bonds. The second kappa shape index (κ2) is 5.88. The summed E-state index contributed by atoms with van der Waals surface area (Å²) in [6, 6.07) is 4.12. The number of carbonyl (C=O) groups excluding carboxylic acids is 1. The van der Waals surface area contributed by atoms with Crippen LogP contribution >= 0.6 is 22.7 Å². The number of amides is 1. The zero-order chi connectivity index (χ0) is 14.0. The Hall–Kier alpha value is -1.13. The van der Waals surface area contributed by atoms with Gasteiger partial charge in [0.05, 0.1) is 11.4 Å². The Balaban J connectivity index is 2.12. The average molecular weight is 293 g/mol. The summed E-state index contributed by atoms with van der Waals surface area (Å²) in [6.45, 7) is 7.00. The molecule has 0 aliphatic carbocycles. The summed E-state index contributed by atoms with van der Waals surface area (Å²) >= 11 is 3.34. The molecule has 0 spiro atoms. The Labute approximate surface area is 122 Å². The maximum absolute atomic E-state index is 12.4. The van der Waals surface area contributed by atoms with Crippen LogP contribution in [0.1, 0.15) is 37.5 Å². The molecule has 4 heteroatoms. The predicted molar refractivity (Wildman–Crippen MR) is 83.3 cm³/mol. The molecule has 0 aliphatic heterocycles. The molecule has 0 bridgehead atoms. The van der Waals surface area contributed by atoms with Gasteiger partial charge in [0.15, 0.2) is 0 Å². The Bertz CT molecular complexity index is 583. The summed E-state index contributed by atoms with van der Waals surface area (Å²) in [5, 5.41) is 2.08. The predicted octanol–water partition coefficient (Wildman–Crippen LogP) is 4.26. The van der Waals surface area contributed by atoms with Crippen molar-refractivity contribution in [3.05, 3.63) is 43.3 Å². The molecule has 0 aromatic carbocycles. The van der Waals surface area contributed by atoms with Gasteiger partial charge in [0, 0.05) is 16.8 Å². The molecule has 0 saturated heterocycles. The first-order valence-electron chi connectivity index (χ1n) is 6.40. The SMILES string of the molecule is CCc1sc(C(=O)N(C)Cc2sccc2C)cc1C. The van der Waals surface area contributed by atoms with Crippen molar-refractivity contribution in [3.63, 3.8) is 0 Å². The Morgan fingerprint density at radius 3 is 2.53 bits per heavy atom. The van der Waals surface area contributed by atoms with Crippen LogP contribution in [0.5, 0.6) is 0 Å². The van der Waals surface area contributed by atoms with Crippen LogP contribution in [0.15, 0.2) is 17.5 Å². The average Bonchev–Trinajstić information content (AvgIpc) is 2.95. The number of hydrogen-bond acceptors (Lipinski definition) is 3. The van der Waals surface area contributed by atoms with Crippen LogP contribution in [0.3, 0.4) is 0 Å². The molecule has 0 atom stereocenters. The van der Waals surface area contributed by atoms with Gasteiger partial charge < -0.3 is 4.90 Å². The highest BCUT2D eigenvalue weighted by atomic mass is 32.1. The van der Waals surface area contributed by atoms with E-state index in [1.165, 1.54) is 20.9 Å². The van der Waals surface area contributed by atoms with Crippen LogP contribution < -0.4 is 0 Å². The third-order valence-corrected chi connectivity index (χ3v) is 5.63. The number of thiophene rings is 2. The summed E-state index contributed by atoms with van der Waals surface area (Å²) in [5.41, 5.74) is 2.50. The standard InChI is InChI=1S/C15H19NOS2/c1-5-12-11(3)8-13(19-12)15(17)16(4)9-14-10(2)6-7-18-14/h6-8H,5,9H2,1-4H3. The molecule has 19 heavy (non-hydrogen) atoms. The summed E-state index contributed by atoms with van der Waals surface area (Å²) in [4.78, 5) is 17.6. The summed E-state index contributed by atoms with van der Waals surface area (Å²) in [6.07, 6.45) is 0.998. The highest BCUT2D eigenvalue weighted by molar-refractivity contribution is 7.14. The monoisotopic (exact) mass is 293 g/mol. The van der Waals surface area contributed by atoms with Crippen molar-refractivity contribution in [2.75, 3.05) is 7.05 Å². The molecule has 0 radical (unpaired) electrons. The van der Waals surface area contributed by atoms with Crippen molar-refractivity contribution >= 4 is 28.6 Å². The fraction of sp³-hybridized carbons (Fsp3) is 0.400. The maximum Gasteiger partial charge on any atom is 0.264 e. The first kappa shape index (κ1) is 14.3. The van der Waals surface area contributed by atoms with E-state index < -0.39 is 0 Å². The topological polar surface area (TPSA) is 20.3 Å². The van der Waals surface area contributed by atoms with E-state index in [9.17, 15) is 4.79 Å². The molecule has 2 aromatic rings. The lowest BCUT2D eigenvalue weighted by Crippen LogP contribution is -2.25. The molecule has 2 aromatic heterocycles. The number of hydrogen-bond donors (Lipinski definition) is 0. The maximum atomic E-state index is 12.4. The van der Waals surface area contributed by atoms with Gasteiger partial charge in [0.1, 0.15) is 0 Å². The lowest BCUT2D eigenvalue weighted by molar-refractivity contribution is 0.0791. The van der Waals surface area contributed by atoms with Crippen molar-refractivity contribution in [2.45, 2.75) is 33.7 Å². The van der Waals surface area contributed by atoms with Gasteiger partial charge in [-0.3, -0.25) is 4.79 Å². The minimum atomic E-state index is 0.126. The molecule has 2 rings (SSSR count). The number of aryl methyl sites for hydroxylation is 3. The lowest BCUT2D eigenvalue weighted by atomic mass is 10.2. The second-order valence-electron chi connectivity index (χ2n) is 4.76. The fourth-order valence-electron chi connectivity index (χ4n) is 2.02. The van der Waals surface area contributed by atoms with E-state index in [0.29, 0.717) is 6.54 Å². The third kappa shape index (κ3) is 3.07. The third-order valence-electron chi connectivity index (χ3n) is 3.25. The molecule has 0 N–H and O–H groups in total. The molecular weight excluding hydrogens is 274 g/mol. The minimum absolute atomic E-state index is 0.126. The van der Waals surface area contributed by atoms with E-state index in [2.05, 4.69) is 32.2 Å². The van der Waals surface area contributed by atoms with Crippen LogP contribution in [-0.4, -0.2) is 17.9 Å². The Morgan fingerprint density at radius 1 is 1.26 bits per heavy atom. The molecular formula is C15H19NOS2. The van der Waals surface area contributed by atoms with E-state index in [0.717, 1.165) is 11.3 Å². The normalized spacial score (nSPS) is 10.7. The zero-order valence-electron chi connectivity index (χ0n) is 11.8. The van der Waals surface area contributed by atoms with E-state index in [1.807, 2.05) is 18.0 Å². The molecule has 0 unspecified atom stereocenters. The molecule has 102 valence electrons. The molecule has 2 nitrogen and oxygen atoms in total. The summed E-state index contributed by atoms with van der Waals surface area (Å²) < 4.78 is 0. The minimum Gasteiger partial charge on any atom is -0.336 e. The van der Waals surface area contributed by atoms with Crippen LogP contribution in [0.4, 0.5) is 0 Å². The second-order valence-corrected chi connectivity index (χ2v) is 6.90. The van der Waals surface area contributed by atoms with Gasteiger partial charge in [0.2, 0.25) is 0 Å². The van der Waals surface area contributed by atoms with Gasteiger partial charge >= 0.3 is 0 Å². The van der Waals surface area contributed by atoms with E-state index in [4.69, 9.17) is 0 Å². The van der Waals surface area contributed by atoms with E-state index >= 15 is 0 Å². The van der Waals surface area contributed by atoms with Crippen LogP contribution in [0.25, 0.3) is 0 Å². The summed E-state index contributed by atoms with van der Waals surface area (Å²) in [7, 11) is 1.88. The van der Waals surface area contributed by atoms with Gasteiger partial charge in [-0.05, 0) is 48.9 Å². The molecule has 2 heterocycles. The number of nitrogens with zero attached hydrogens (tertiary/aromatic N) is 1. The first-order valence-corrected chi connectivity index (χ1v) is 8.10. The highest BCUT2D eigenvalue weighted by Crippen LogP contribution is 2.24. The zero-order valence-corrected chi connectivity index (χ0v) is 13.5. The van der Waals surface area contributed by atoms with Crippen LogP contribution in [0.2, 0.25) is 0 Å². The van der Waals surface area contributed by atoms with Crippen molar-refractivity contribution in [3.8, 4) is 0 Å². The van der Waals surface area contributed by atoms with E-state index in [-0.39, 0.29) is 5.91 Å². The van der Waals surface area contributed by atoms with Gasteiger partial charge in [0.25, 0.3) is 5.91 Å². The van der Waals surface area contributed by atoms with Crippen molar-refractivity contribution in [1.82, 2.24) is 4.90 Å². The highest BCUT2D eigenvalue weighted by Gasteiger charge is 2.17. The molecule has 0 saturated carbocycles. The Morgan fingerprint density at radius 2 is 2.00 bits per heavy atom. The summed E-state index contributed by atoms with van der Waals surface area (Å²) in [5.74, 6) is 0.126. The lowest BCUT2D eigenvalue weighted by Gasteiger charge is -2.15. The molecule has 0 aliphatic rings. The number of carbonyl (C=O) groups is 1. The van der Waals surface area contributed by atoms with Crippen LogP contribution in [-0.2, 0) is 13.0 Å². The van der Waals surface area contributed by atoms with E-state index in [1.54, 1.807) is 22.7 Å². The van der Waals surface area contributed by atoms with Crippen molar-refractivity contribution in [2.24, 2.45) is 0 Å². The molecule has 0 fully saturated rings. The first-order chi connectivity index (χ1) is 9.02. The largest absolute Gasteiger partial charge is 0.336 e. The number of rotatable bonds is 4. The van der Waals surface area contributed by atoms with Gasteiger partial charge in [-0.15, -0.1) is 22.7 Å². The van der Waals surface area contributed by atoms with Gasteiger partial charge in [-0.25, -0.2) is 0 Å². The van der Waals surface area contributed by atoms with Crippen LogP contribution in [0, 0.1) is 13.8 Å². The van der Waals surface area contributed by atoms with Crippen molar-refractivity contribution in [1.29, 1.82) is 0 Å². The smallest absolute Gasteiger partial charge is 0.264 e. The Kier molecular flexibility index (Phi) is 4.42. The van der Waals surface area contributed by atoms with Gasteiger partial charge in [-0.2, -0.15) is 0 Å².